The van der Waals surface area contributed by atoms with E-state index in [0.29, 0.717) is 18.1 Å². The first-order valence-corrected chi connectivity index (χ1v) is 10.0. The van der Waals surface area contributed by atoms with Gasteiger partial charge >= 0.3 is 5.97 Å². The largest absolute Gasteiger partial charge is 0.480 e. The number of amides is 1. The minimum Gasteiger partial charge on any atom is -0.480 e. The van der Waals surface area contributed by atoms with Gasteiger partial charge in [-0.05, 0) is 25.8 Å². The molecule has 1 heterocycles. The van der Waals surface area contributed by atoms with Crippen LogP contribution in [0.15, 0.2) is 30.3 Å². The molecule has 1 aliphatic heterocycles. The maximum absolute atomic E-state index is 13.1. The van der Waals surface area contributed by atoms with Gasteiger partial charge in [0.2, 0.25) is 5.91 Å². The Bertz CT molecular complexity index is 648. The third-order valence-electron chi connectivity index (χ3n) is 4.22. The zero-order valence-electron chi connectivity index (χ0n) is 14.6. The Kier molecular flexibility index (Phi) is 6.57. The summed E-state index contributed by atoms with van der Waals surface area (Å²) in [6.07, 6.45) is 0.494. The minimum atomic E-state index is -0.985. The van der Waals surface area contributed by atoms with Crippen molar-refractivity contribution < 1.29 is 19.5 Å². The van der Waals surface area contributed by atoms with Crippen LogP contribution in [0.4, 0.5) is 0 Å². The molecule has 1 fully saturated rings. The first kappa shape index (κ1) is 19.8. The summed E-state index contributed by atoms with van der Waals surface area (Å²) < 4.78 is -0.535. The van der Waals surface area contributed by atoms with Gasteiger partial charge in [-0.2, -0.15) is 0 Å². The van der Waals surface area contributed by atoms with Crippen molar-refractivity contribution in [1.82, 2.24) is 4.90 Å². The van der Waals surface area contributed by atoms with Crippen LogP contribution < -0.4 is 0 Å². The van der Waals surface area contributed by atoms with Gasteiger partial charge in [0.25, 0.3) is 0 Å². The highest BCUT2D eigenvalue weighted by Crippen LogP contribution is 2.40. The third kappa shape index (κ3) is 5.01. The molecule has 136 valence electrons. The molecule has 2 atom stereocenters. The summed E-state index contributed by atoms with van der Waals surface area (Å²) >= 11 is 2.59. The van der Waals surface area contributed by atoms with E-state index in [-0.39, 0.29) is 11.0 Å². The van der Waals surface area contributed by atoms with Crippen LogP contribution in [-0.4, -0.2) is 49.4 Å². The van der Waals surface area contributed by atoms with Crippen LogP contribution in [0.2, 0.25) is 0 Å². The molecular weight excluding hydrogens is 358 g/mol. The van der Waals surface area contributed by atoms with Crippen LogP contribution in [0.1, 0.15) is 26.3 Å². The van der Waals surface area contributed by atoms with Crippen LogP contribution in [0.3, 0.4) is 0 Å². The fourth-order valence-corrected chi connectivity index (χ4v) is 4.79. The van der Waals surface area contributed by atoms with Gasteiger partial charge in [-0.1, -0.05) is 42.1 Å². The van der Waals surface area contributed by atoms with E-state index in [2.05, 4.69) is 0 Å². The van der Waals surface area contributed by atoms with Gasteiger partial charge in [-0.3, -0.25) is 9.59 Å². The maximum atomic E-state index is 13.1. The van der Waals surface area contributed by atoms with Crippen LogP contribution in [0.5, 0.6) is 0 Å². The van der Waals surface area contributed by atoms with Crippen molar-refractivity contribution in [3.8, 4) is 0 Å². The molecule has 1 N–H and O–H groups in total. The second-order valence-corrected chi connectivity index (χ2v) is 9.41. The van der Waals surface area contributed by atoms with Gasteiger partial charge in [0, 0.05) is 17.4 Å². The van der Waals surface area contributed by atoms with Gasteiger partial charge in [0.1, 0.15) is 6.04 Å². The maximum Gasteiger partial charge on any atom is 0.327 e. The quantitative estimate of drug-likeness (QED) is 0.817. The smallest absolute Gasteiger partial charge is 0.327 e. The lowest BCUT2D eigenvalue weighted by molar-refractivity contribution is -0.151. The highest BCUT2D eigenvalue weighted by atomic mass is 32.2. The molecule has 0 radical (unpaired) electrons. The number of carbonyl (C=O) groups excluding carboxylic acids is 2. The van der Waals surface area contributed by atoms with Crippen molar-refractivity contribution in [2.24, 2.45) is 5.92 Å². The van der Waals surface area contributed by atoms with E-state index in [1.165, 1.54) is 23.6 Å². The van der Waals surface area contributed by atoms with E-state index in [9.17, 15) is 19.5 Å². The lowest BCUT2D eigenvalue weighted by Crippen LogP contribution is -2.51. The summed E-state index contributed by atoms with van der Waals surface area (Å²) in [7, 11) is 0. The second kappa shape index (κ2) is 8.27. The Morgan fingerprint density at radius 1 is 1.32 bits per heavy atom. The van der Waals surface area contributed by atoms with Crippen molar-refractivity contribution in [3.05, 3.63) is 35.9 Å². The number of rotatable bonds is 6. The van der Waals surface area contributed by atoms with E-state index in [0.717, 1.165) is 17.3 Å². The molecule has 5 nitrogen and oxygen atoms in total. The van der Waals surface area contributed by atoms with Gasteiger partial charge in [-0.15, -0.1) is 11.8 Å². The van der Waals surface area contributed by atoms with Gasteiger partial charge in [-0.25, -0.2) is 4.79 Å². The second-order valence-electron chi connectivity index (χ2n) is 6.61. The SMILES string of the molecule is CC(=O)SCC(Cc1ccccc1)C(=O)N1CSC(C)(C)[C@@H]1C(=O)O. The fraction of sp³-hybridized carbons (Fsp3) is 0.500. The number of carboxylic acid groups (broad SMARTS) is 1. The number of thioether (sulfide) groups is 2. The molecule has 25 heavy (non-hydrogen) atoms. The molecule has 1 aromatic rings. The number of carboxylic acids is 1. The predicted molar refractivity (Wildman–Crippen MR) is 102 cm³/mol. The summed E-state index contributed by atoms with van der Waals surface area (Å²) in [5.41, 5.74) is 1.00. The Morgan fingerprint density at radius 2 is 1.96 bits per heavy atom. The third-order valence-corrected chi connectivity index (χ3v) is 6.57. The van der Waals surface area contributed by atoms with Gasteiger partial charge < -0.3 is 10.0 Å². The Morgan fingerprint density at radius 3 is 2.52 bits per heavy atom. The predicted octanol–water partition coefficient (Wildman–Crippen LogP) is 2.89. The average molecular weight is 382 g/mol. The lowest BCUT2D eigenvalue weighted by atomic mass is 9.96. The van der Waals surface area contributed by atoms with E-state index >= 15 is 0 Å². The van der Waals surface area contributed by atoms with Crippen molar-refractivity contribution in [1.29, 1.82) is 0 Å². The van der Waals surface area contributed by atoms with Gasteiger partial charge in [0.05, 0.1) is 11.8 Å². The zero-order valence-corrected chi connectivity index (χ0v) is 16.2. The molecule has 2 rings (SSSR count). The van der Waals surface area contributed by atoms with E-state index < -0.39 is 22.7 Å². The Balaban J connectivity index is 2.21. The minimum absolute atomic E-state index is 0.0447. The number of benzene rings is 1. The van der Waals surface area contributed by atoms with Crippen LogP contribution in [-0.2, 0) is 20.8 Å². The number of nitrogens with zero attached hydrogens (tertiary/aromatic N) is 1. The Labute approximate surface area is 156 Å². The van der Waals surface area contributed by atoms with Crippen LogP contribution in [0.25, 0.3) is 0 Å². The molecule has 0 spiro atoms. The molecule has 0 bridgehead atoms. The summed E-state index contributed by atoms with van der Waals surface area (Å²) in [4.78, 5) is 37.6. The fourth-order valence-electron chi connectivity index (χ4n) is 2.95. The summed E-state index contributed by atoms with van der Waals surface area (Å²) in [6, 6.07) is 8.75. The highest BCUT2D eigenvalue weighted by Gasteiger charge is 2.49. The van der Waals surface area contributed by atoms with Crippen molar-refractivity contribution >= 4 is 40.5 Å². The monoisotopic (exact) mass is 381 g/mol. The van der Waals surface area contributed by atoms with E-state index in [1.54, 1.807) is 0 Å². The molecule has 1 aliphatic rings. The number of hydrogen-bond acceptors (Lipinski definition) is 5. The molecule has 0 aromatic heterocycles. The van der Waals surface area contributed by atoms with Gasteiger partial charge in [0.15, 0.2) is 5.12 Å². The number of carbonyl (C=O) groups is 3. The first-order valence-electron chi connectivity index (χ1n) is 8.07. The molecule has 7 heteroatoms. The van der Waals surface area contributed by atoms with Crippen LogP contribution in [0, 0.1) is 5.92 Å². The molecule has 0 aliphatic carbocycles. The van der Waals surface area contributed by atoms with Crippen molar-refractivity contribution in [3.63, 3.8) is 0 Å². The Hall–Kier alpha value is -1.47. The summed E-state index contributed by atoms with van der Waals surface area (Å²) in [5.74, 6) is -0.882. The van der Waals surface area contributed by atoms with Crippen molar-refractivity contribution in [2.45, 2.75) is 38.0 Å². The average Bonchev–Trinajstić information content (AvgIpc) is 2.87. The molecule has 1 amide bonds. The topological polar surface area (TPSA) is 74.7 Å². The number of aliphatic carboxylic acids is 1. The normalized spacial score (nSPS) is 20.3. The molecular formula is C18H23NO4S2. The number of hydrogen-bond donors (Lipinski definition) is 1. The van der Waals surface area contributed by atoms with Crippen molar-refractivity contribution in [2.75, 3.05) is 11.6 Å². The summed E-state index contributed by atoms with van der Waals surface area (Å²) in [5, 5.41) is 9.55. The summed E-state index contributed by atoms with van der Waals surface area (Å²) in [6.45, 7) is 5.17. The van der Waals surface area contributed by atoms with E-state index in [1.807, 2.05) is 44.2 Å². The first-order chi connectivity index (χ1) is 11.7. The standard InChI is InChI=1S/C18H23NO4S2/c1-12(20)24-10-14(9-13-7-5-4-6-8-13)16(21)19-11-25-18(2,3)15(19)17(22)23/h4-8,14-15H,9-11H2,1-3H3,(H,22,23)/t14?,15-/m0/s1. The van der Waals surface area contributed by atoms with Crippen LogP contribution >= 0.6 is 23.5 Å². The molecule has 0 saturated carbocycles. The lowest BCUT2D eigenvalue weighted by Gasteiger charge is -2.30. The molecule has 1 aromatic carbocycles. The molecule has 1 saturated heterocycles. The molecule has 1 unspecified atom stereocenters. The zero-order chi connectivity index (χ0) is 18.6. The highest BCUT2D eigenvalue weighted by molar-refractivity contribution is 8.13. The van der Waals surface area contributed by atoms with E-state index in [4.69, 9.17) is 0 Å².